The third kappa shape index (κ3) is 2.42. The maximum Gasteiger partial charge on any atom is 0.342 e. The SMILES string of the molecule is Cc1cnnc(Oc2cccc(F)c2C(=O)O)c1. The zero-order chi connectivity index (χ0) is 13.1. The molecule has 0 spiro atoms. The van der Waals surface area contributed by atoms with Crippen molar-refractivity contribution >= 4 is 5.97 Å². The van der Waals surface area contributed by atoms with Gasteiger partial charge in [-0.15, -0.1) is 5.10 Å². The van der Waals surface area contributed by atoms with Crippen LogP contribution in [0.25, 0.3) is 0 Å². The molecule has 6 heteroatoms. The first-order valence-corrected chi connectivity index (χ1v) is 5.07. The van der Waals surface area contributed by atoms with Gasteiger partial charge in [-0.05, 0) is 24.6 Å². The van der Waals surface area contributed by atoms with Gasteiger partial charge in [0.2, 0.25) is 5.88 Å². The van der Waals surface area contributed by atoms with E-state index in [1.807, 2.05) is 0 Å². The number of carboxylic acids is 1. The van der Waals surface area contributed by atoms with Crippen LogP contribution in [-0.4, -0.2) is 21.3 Å². The summed E-state index contributed by atoms with van der Waals surface area (Å²) in [5.41, 5.74) is 0.272. The van der Waals surface area contributed by atoms with Crippen molar-refractivity contribution in [3.8, 4) is 11.6 Å². The minimum absolute atomic E-state index is 0.109. The number of carbonyl (C=O) groups is 1. The number of hydrogen-bond donors (Lipinski definition) is 1. The molecule has 0 radical (unpaired) electrons. The highest BCUT2D eigenvalue weighted by Crippen LogP contribution is 2.26. The summed E-state index contributed by atoms with van der Waals surface area (Å²) in [5, 5.41) is 16.3. The lowest BCUT2D eigenvalue weighted by atomic mass is 10.2. The molecular formula is C12H9FN2O3. The summed E-state index contributed by atoms with van der Waals surface area (Å²) in [6.45, 7) is 1.78. The van der Waals surface area contributed by atoms with Crippen molar-refractivity contribution in [2.24, 2.45) is 0 Å². The Bertz CT molecular complexity index is 602. The van der Waals surface area contributed by atoms with E-state index in [0.717, 1.165) is 11.6 Å². The minimum Gasteiger partial charge on any atom is -0.477 e. The second-order valence-electron chi connectivity index (χ2n) is 3.59. The third-order valence-corrected chi connectivity index (χ3v) is 2.17. The molecule has 0 amide bonds. The number of rotatable bonds is 3. The van der Waals surface area contributed by atoms with Crippen molar-refractivity contribution in [2.75, 3.05) is 0 Å². The van der Waals surface area contributed by atoms with E-state index in [2.05, 4.69) is 10.2 Å². The van der Waals surface area contributed by atoms with Crippen molar-refractivity contribution in [3.05, 3.63) is 47.4 Å². The molecule has 0 fully saturated rings. The summed E-state index contributed by atoms with van der Waals surface area (Å²) in [7, 11) is 0. The summed E-state index contributed by atoms with van der Waals surface area (Å²) >= 11 is 0. The molecule has 1 aromatic carbocycles. The lowest BCUT2D eigenvalue weighted by Crippen LogP contribution is -2.04. The number of aromatic nitrogens is 2. The smallest absolute Gasteiger partial charge is 0.342 e. The molecule has 2 aromatic rings. The fraction of sp³-hybridized carbons (Fsp3) is 0.0833. The van der Waals surface area contributed by atoms with E-state index in [0.29, 0.717) is 0 Å². The molecular weight excluding hydrogens is 239 g/mol. The highest BCUT2D eigenvalue weighted by atomic mass is 19.1. The second-order valence-corrected chi connectivity index (χ2v) is 3.59. The van der Waals surface area contributed by atoms with E-state index in [1.165, 1.54) is 18.3 Å². The first-order valence-electron chi connectivity index (χ1n) is 5.07. The monoisotopic (exact) mass is 248 g/mol. The lowest BCUT2D eigenvalue weighted by Gasteiger charge is -2.08. The van der Waals surface area contributed by atoms with Crippen LogP contribution >= 0.6 is 0 Å². The Morgan fingerprint density at radius 3 is 2.89 bits per heavy atom. The fourth-order valence-electron chi connectivity index (χ4n) is 1.40. The Labute approximate surface area is 102 Å². The predicted octanol–water partition coefficient (Wildman–Crippen LogP) is 2.41. The van der Waals surface area contributed by atoms with Crippen molar-refractivity contribution in [2.45, 2.75) is 6.92 Å². The first-order chi connectivity index (χ1) is 8.58. The van der Waals surface area contributed by atoms with Gasteiger partial charge in [-0.2, -0.15) is 5.10 Å². The molecule has 0 saturated heterocycles. The Hall–Kier alpha value is -2.50. The largest absolute Gasteiger partial charge is 0.477 e. The lowest BCUT2D eigenvalue weighted by molar-refractivity contribution is 0.0689. The van der Waals surface area contributed by atoms with Gasteiger partial charge in [-0.25, -0.2) is 9.18 Å². The molecule has 18 heavy (non-hydrogen) atoms. The van der Waals surface area contributed by atoms with Crippen LogP contribution in [0.1, 0.15) is 15.9 Å². The van der Waals surface area contributed by atoms with Gasteiger partial charge in [-0.3, -0.25) is 0 Å². The van der Waals surface area contributed by atoms with Crippen molar-refractivity contribution in [1.82, 2.24) is 10.2 Å². The van der Waals surface area contributed by atoms with Gasteiger partial charge in [0.15, 0.2) is 0 Å². The van der Waals surface area contributed by atoms with Crippen LogP contribution in [0.3, 0.4) is 0 Å². The van der Waals surface area contributed by atoms with Crippen LogP contribution in [0.2, 0.25) is 0 Å². The standard InChI is InChI=1S/C12H9FN2O3/c1-7-5-10(15-14-6-7)18-9-4-2-3-8(13)11(9)12(16)17/h2-6H,1H3,(H,16,17). The van der Waals surface area contributed by atoms with Crippen molar-refractivity contribution < 1.29 is 19.0 Å². The summed E-state index contributed by atoms with van der Waals surface area (Å²) < 4.78 is 18.6. The number of aryl methyl sites for hydroxylation is 1. The van der Waals surface area contributed by atoms with E-state index in [9.17, 15) is 9.18 Å². The molecule has 1 heterocycles. The van der Waals surface area contributed by atoms with Gasteiger partial charge in [0.05, 0.1) is 6.20 Å². The molecule has 2 rings (SSSR count). The van der Waals surface area contributed by atoms with E-state index in [4.69, 9.17) is 9.84 Å². The minimum atomic E-state index is -1.40. The molecule has 0 aliphatic rings. The molecule has 0 aliphatic carbocycles. The quantitative estimate of drug-likeness (QED) is 0.902. The topological polar surface area (TPSA) is 72.3 Å². The van der Waals surface area contributed by atoms with E-state index in [1.54, 1.807) is 13.0 Å². The molecule has 0 saturated carbocycles. The summed E-state index contributed by atoms with van der Waals surface area (Å²) in [5.74, 6) is -2.25. The predicted molar refractivity (Wildman–Crippen MR) is 60.2 cm³/mol. The molecule has 5 nitrogen and oxygen atoms in total. The number of nitrogens with zero attached hydrogens (tertiary/aromatic N) is 2. The molecule has 0 atom stereocenters. The van der Waals surface area contributed by atoms with Crippen LogP contribution in [0.15, 0.2) is 30.5 Å². The van der Waals surface area contributed by atoms with Crippen LogP contribution in [-0.2, 0) is 0 Å². The fourth-order valence-corrected chi connectivity index (χ4v) is 1.40. The van der Waals surface area contributed by atoms with Crippen molar-refractivity contribution in [3.63, 3.8) is 0 Å². The maximum absolute atomic E-state index is 13.4. The van der Waals surface area contributed by atoms with E-state index < -0.39 is 17.3 Å². The first kappa shape index (κ1) is 12.0. The van der Waals surface area contributed by atoms with Crippen LogP contribution < -0.4 is 4.74 Å². The average Bonchev–Trinajstić information content (AvgIpc) is 2.28. The normalized spacial score (nSPS) is 10.1. The summed E-state index contributed by atoms with van der Waals surface area (Å²) in [6.07, 6.45) is 1.52. The Kier molecular flexibility index (Phi) is 3.18. The highest BCUT2D eigenvalue weighted by Gasteiger charge is 2.17. The number of benzene rings is 1. The summed E-state index contributed by atoms with van der Waals surface area (Å²) in [6, 6.07) is 5.35. The molecule has 0 unspecified atom stereocenters. The molecule has 1 N–H and O–H groups in total. The number of carboxylic acid groups (broad SMARTS) is 1. The van der Waals surface area contributed by atoms with E-state index in [-0.39, 0.29) is 11.6 Å². The number of ether oxygens (including phenoxy) is 1. The number of aromatic carboxylic acids is 1. The molecule has 1 aromatic heterocycles. The van der Waals surface area contributed by atoms with Gasteiger partial charge >= 0.3 is 5.97 Å². The zero-order valence-corrected chi connectivity index (χ0v) is 9.42. The molecule has 92 valence electrons. The number of hydrogen-bond acceptors (Lipinski definition) is 4. The van der Waals surface area contributed by atoms with Gasteiger partial charge in [-0.1, -0.05) is 6.07 Å². The van der Waals surface area contributed by atoms with Crippen LogP contribution in [0, 0.1) is 12.7 Å². The second kappa shape index (κ2) is 4.79. The maximum atomic E-state index is 13.4. The van der Waals surface area contributed by atoms with Gasteiger partial charge in [0.1, 0.15) is 17.1 Å². The third-order valence-electron chi connectivity index (χ3n) is 2.17. The van der Waals surface area contributed by atoms with Gasteiger partial charge in [0.25, 0.3) is 0 Å². The highest BCUT2D eigenvalue weighted by molar-refractivity contribution is 5.91. The van der Waals surface area contributed by atoms with E-state index >= 15 is 0 Å². The molecule has 0 aliphatic heterocycles. The van der Waals surface area contributed by atoms with Crippen LogP contribution in [0.5, 0.6) is 11.6 Å². The Morgan fingerprint density at radius 2 is 2.22 bits per heavy atom. The Morgan fingerprint density at radius 1 is 1.44 bits per heavy atom. The summed E-state index contributed by atoms with van der Waals surface area (Å²) in [4.78, 5) is 10.9. The van der Waals surface area contributed by atoms with Gasteiger partial charge < -0.3 is 9.84 Å². The zero-order valence-electron chi connectivity index (χ0n) is 9.42. The van der Waals surface area contributed by atoms with Crippen LogP contribution in [0.4, 0.5) is 4.39 Å². The average molecular weight is 248 g/mol. The van der Waals surface area contributed by atoms with Gasteiger partial charge in [0, 0.05) is 6.07 Å². The number of halogens is 1. The molecule has 0 bridgehead atoms. The Balaban J connectivity index is 2.40. The van der Waals surface area contributed by atoms with Crippen molar-refractivity contribution in [1.29, 1.82) is 0 Å².